The van der Waals surface area contributed by atoms with Crippen molar-refractivity contribution in [2.75, 3.05) is 0 Å². The minimum Gasteiger partial charge on any atom is -0.499 e. The van der Waals surface area contributed by atoms with Crippen molar-refractivity contribution in [1.82, 2.24) is 10.4 Å². The second-order valence-corrected chi connectivity index (χ2v) is 5.01. The zero-order valence-corrected chi connectivity index (χ0v) is 9.92. The van der Waals surface area contributed by atoms with Crippen molar-refractivity contribution < 1.29 is 23.9 Å². The van der Waals surface area contributed by atoms with Gasteiger partial charge < -0.3 is 9.94 Å². The molecule has 0 aliphatic carbocycles. The first-order valence-electron chi connectivity index (χ1n) is 5.29. The van der Waals surface area contributed by atoms with Gasteiger partial charge in [-0.2, -0.15) is 0 Å². The fourth-order valence-corrected chi connectivity index (χ4v) is 2.70. The summed E-state index contributed by atoms with van der Waals surface area (Å²) in [6.07, 6.45) is -0.340. The van der Waals surface area contributed by atoms with Crippen LogP contribution in [0.2, 0.25) is 0 Å². The van der Waals surface area contributed by atoms with Crippen molar-refractivity contribution >= 4 is 23.2 Å². The summed E-state index contributed by atoms with van der Waals surface area (Å²) >= 11 is 1.08. The second kappa shape index (κ2) is 3.66. The molecule has 0 bridgehead atoms. The van der Waals surface area contributed by atoms with Gasteiger partial charge in [-0.3, -0.25) is 14.9 Å². The summed E-state index contributed by atoms with van der Waals surface area (Å²) in [4.78, 5) is 27.8. The van der Waals surface area contributed by atoms with E-state index < -0.39 is 17.6 Å². The number of aromatic hydroxyl groups is 1. The summed E-state index contributed by atoms with van der Waals surface area (Å²) in [5.41, 5.74) is 0.460. The molecule has 0 saturated carbocycles. The number of nitrogens with zero attached hydrogens (tertiary/aromatic N) is 1. The van der Waals surface area contributed by atoms with E-state index in [0.717, 1.165) is 16.4 Å². The predicted molar refractivity (Wildman–Crippen MR) is 58.4 cm³/mol. The number of amides is 2. The second-order valence-electron chi connectivity index (χ2n) is 4.15. The van der Waals surface area contributed by atoms with E-state index >= 15 is 0 Å². The topological polar surface area (TPSA) is 78.9 Å². The molecule has 2 aliphatic heterocycles. The molecule has 8 heteroatoms. The molecule has 96 valence electrons. The molecule has 6 nitrogen and oxygen atoms in total. The maximum absolute atomic E-state index is 14.6. The van der Waals surface area contributed by atoms with Gasteiger partial charge in [-0.1, -0.05) is 5.06 Å². The van der Waals surface area contributed by atoms with Crippen LogP contribution in [-0.4, -0.2) is 27.8 Å². The highest BCUT2D eigenvalue weighted by molar-refractivity contribution is 7.12. The first kappa shape index (κ1) is 11.4. The van der Waals surface area contributed by atoms with Crippen molar-refractivity contribution in [3.05, 3.63) is 10.9 Å². The Morgan fingerprint density at radius 3 is 3.00 bits per heavy atom. The van der Waals surface area contributed by atoms with Gasteiger partial charge in [-0.25, -0.2) is 4.39 Å². The summed E-state index contributed by atoms with van der Waals surface area (Å²) in [5.74, 6) is -3.55. The van der Waals surface area contributed by atoms with Crippen LogP contribution in [0.3, 0.4) is 0 Å². The number of alkyl halides is 1. The Labute approximate surface area is 105 Å². The lowest BCUT2D eigenvalue weighted by Crippen LogP contribution is -2.60. The number of hydrogen-bond acceptors (Lipinski definition) is 6. The number of fused-ring (bicyclic) bond motifs is 1. The number of carbonyl (C=O) groups excluding carboxylic acids is 2. The van der Waals surface area contributed by atoms with Gasteiger partial charge in [0.25, 0.3) is 11.7 Å². The van der Waals surface area contributed by atoms with Crippen LogP contribution in [0.5, 0.6) is 10.8 Å². The fraction of sp³-hybridized carbons (Fsp3) is 0.400. The molecule has 0 spiro atoms. The molecule has 1 aromatic rings. The zero-order valence-electron chi connectivity index (χ0n) is 9.10. The van der Waals surface area contributed by atoms with Crippen molar-refractivity contribution in [1.29, 1.82) is 0 Å². The molecule has 2 aliphatic rings. The van der Waals surface area contributed by atoms with Crippen LogP contribution in [0, 0.1) is 0 Å². The Hall–Kier alpha value is -1.67. The number of imide groups is 1. The zero-order chi connectivity index (χ0) is 12.9. The van der Waals surface area contributed by atoms with E-state index in [9.17, 15) is 19.1 Å². The number of carbonyl (C=O) groups is 2. The highest BCUT2D eigenvalue weighted by Crippen LogP contribution is 2.44. The van der Waals surface area contributed by atoms with Crippen molar-refractivity contribution in [3.8, 4) is 10.8 Å². The van der Waals surface area contributed by atoms with Gasteiger partial charge >= 0.3 is 0 Å². The van der Waals surface area contributed by atoms with E-state index in [0.29, 0.717) is 11.3 Å². The fourth-order valence-electron chi connectivity index (χ4n) is 1.99. The van der Waals surface area contributed by atoms with E-state index in [1.807, 2.05) is 5.32 Å². The van der Waals surface area contributed by atoms with Crippen LogP contribution in [0.1, 0.15) is 18.4 Å². The van der Waals surface area contributed by atoms with Crippen LogP contribution in [0.25, 0.3) is 0 Å². The Balaban J connectivity index is 1.85. The van der Waals surface area contributed by atoms with Gasteiger partial charge in [0.15, 0.2) is 10.8 Å². The highest BCUT2D eigenvalue weighted by Gasteiger charge is 2.52. The lowest BCUT2D eigenvalue weighted by Gasteiger charge is -2.33. The molecular weight excluding hydrogens is 263 g/mol. The van der Waals surface area contributed by atoms with E-state index in [1.54, 1.807) is 5.38 Å². The predicted octanol–water partition coefficient (Wildman–Crippen LogP) is 0.666. The molecule has 1 atom stereocenters. The largest absolute Gasteiger partial charge is 0.499 e. The SMILES string of the molecule is O=C1CC[C@](F)(N2Cc3c(csc3O)O2)C(=O)N1. The average Bonchev–Trinajstić information content (AvgIpc) is 2.88. The van der Waals surface area contributed by atoms with Gasteiger partial charge in [0.2, 0.25) is 5.91 Å². The number of rotatable bonds is 1. The Bertz CT molecular complexity index is 546. The maximum atomic E-state index is 14.6. The monoisotopic (exact) mass is 272 g/mol. The molecule has 2 N–H and O–H groups in total. The number of hydroxylamine groups is 2. The first-order valence-corrected chi connectivity index (χ1v) is 6.17. The lowest BCUT2D eigenvalue weighted by atomic mass is 10.0. The number of nitrogens with one attached hydrogen (secondary N) is 1. The number of thiophene rings is 1. The number of hydrogen-bond donors (Lipinski definition) is 2. The Morgan fingerprint density at radius 1 is 1.56 bits per heavy atom. The average molecular weight is 272 g/mol. The molecule has 1 saturated heterocycles. The van der Waals surface area contributed by atoms with Gasteiger partial charge in [-0.05, 0) is 0 Å². The Morgan fingerprint density at radius 2 is 2.33 bits per heavy atom. The standard InChI is InChI=1S/C10H9FN2O4S/c11-10(2-1-7(14)12-9(10)16)13-3-5-6(17-13)4-18-8(5)15/h4,15H,1-3H2,(H,12,14,16)/t10-/m0/s1. The smallest absolute Gasteiger partial charge is 0.282 e. The molecule has 3 heterocycles. The number of halogens is 1. The molecular formula is C10H9FN2O4S. The number of piperidine rings is 1. The molecule has 18 heavy (non-hydrogen) atoms. The molecule has 3 rings (SSSR count). The van der Waals surface area contributed by atoms with E-state index in [1.165, 1.54) is 0 Å². The molecule has 2 amide bonds. The third-order valence-corrected chi connectivity index (χ3v) is 3.82. The Kier molecular flexibility index (Phi) is 2.32. The summed E-state index contributed by atoms with van der Waals surface area (Å²) in [5, 5.41) is 13.9. The molecule has 0 unspecified atom stereocenters. The third kappa shape index (κ3) is 1.49. The highest BCUT2D eigenvalue weighted by atomic mass is 32.1. The molecule has 1 fully saturated rings. The van der Waals surface area contributed by atoms with Gasteiger partial charge in [0.05, 0.1) is 12.1 Å². The minimum absolute atomic E-state index is 0.0250. The van der Waals surface area contributed by atoms with Crippen molar-refractivity contribution in [2.45, 2.75) is 25.2 Å². The van der Waals surface area contributed by atoms with E-state index in [2.05, 4.69) is 0 Å². The lowest BCUT2D eigenvalue weighted by molar-refractivity contribution is -0.208. The van der Waals surface area contributed by atoms with Crippen LogP contribution < -0.4 is 10.2 Å². The van der Waals surface area contributed by atoms with Crippen LogP contribution in [0.15, 0.2) is 5.38 Å². The van der Waals surface area contributed by atoms with Gasteiger partial charge in [0.1, 0.15) is 0 Å². The van der Waals surface area contributed by atoms with Crippen LogP contribution in [-0.2, 0) is 16.1 Å². The summed E-state index contributed by atoms with van der Waals surface area (Å²) < 4.78 is 14.6. The first-order chi connectivity index (χ1) is 8.50. The van der Waals surface area contributed by atoms with Gasteiger partial charge in [-0.15, -0.1) is 11.3 Å². The molecule has 1 aromatic heterocycles. The van der Waals surface area contributed by atoms with Crippen LogP contribution >= 0.6 is 11.3 Å². The quantitative estimate of drug-likeness (QED) is 0.580. The minimum atomic E-state index is -2.38. The van der Waals surface area contributed by atoms with E-state index in [-0.39, 0.29) is 24.4 Å². The third-order valence-electron chi connectivity index (χ3n) is 3.02. The van der Waals surface area contributed by atoms with Crippen molar-refractivity contribution in [3.63, 3.8) is 0 Å². The normalized spacial score (nSPS) is 27.8. The van der Waals surface area contributed by atoms with Crippen LogP contribution in [0.4, 0.5) is 4.39 Å². The molecule has 0 radical (unpaired) electrons. The summed E-state index contributed by atoms with van der Waals surface area (Å²) in [7, 11) is 0. The van der Waals surface area contributed by atoms with Gasteiger partial charge in [0, 0.05) is 18.2 Å². The maximum Gasteiger partial charge on any atom is 0.282 e. The summed E-state index contributed by atoms with van der Waals surface area (Å²) in [6.45, 7) is -0.0250. The van der Waals surface area contributed by atoms with Crippen molar-refractivity contribution in [2.24, 2.45) is 0 Å². The molecule has 0 aromatic carbocycles. The summed E-state index contributed by atoms with van der Waals surface area (Å²) in [6, 6.07) is 0. The van der Waals surface area contributed by atoms with E-state index in [4.69, 9.17) is 4.84 Å².